The van der Waals surface area contributed by atoms with E-state index < -0.39 is 0 Å². The maximum atomic E-state index is 11.6. The van der Waals surface area contributed by atoms with E-state index in [0.717, 1.165) is 16.7 Å². The Hall–Kier alpha value is -3.19. The lowest BCUT2D eigenvalue weighted by Gasteiger charge is -2.22. The Morgan fingerprint density at radius 1 is 1.25 bits per heavy atom. The van der Waals surface area contributed by atoms with Gasteiger partial charge in [-0.1, -0.05) is 36.5 Å². The highest BCUT2D eigenvalue weighted by Gasteiger charge is 2.23. The van der Waals surface area contributed by atoms with Gasteiger partial charge in [0.15, 0.2) is 11.5 Å². The van der Waals surface area contributed by atoms with E-state index in [0.29, 0.717) is 46.4 Å². The standard InChI is InChI=1S/C21H18N2O4S/c1-3-26-16-6-4-5-14-11-15-19(27-17(14)16)22-18(23-20(15)28)12-7-9-13(10-8-12)21(24)25-2/h4-10H,3,11H2,1-2H3,(H,22,23,28). The van der Waals surface area contributed by atoms with Crippen LogP contribution in [0.1, 0.15) is 28.4 Å². The molecule has 0 bridgehead atoms. The summed E-state index contributed by atoms with van der Waals surface area (Å²) in [4.78, 5) is 19.4. The summed E-state index contributed by atoms with van der Waals surface area (Å²) in [6, 6.07) is 12.8. The van der Waals surface area contributed by atoms with Crippen LogP contribution < -0.4 is 9.47 Å². The summed E-state index contributed by atoms with van der Waals surface area (Å²) in [6.07, 6.45) is 0.621. The highest BCUT2D eigenvalue weighted by Crippen LogP contribution is 2.42. The largest absolute Gasteiger partial charge is 0.490 e. The van der Waals surface area contributed by atoms with Gasteiger partial charge in [0.1, 0.15) is 10.5 Å². The Bertz CT molecular complexity index is 1110. The molecule has 0 saturated heterocycles. The fraction of sp³-hybridized carbons (Fsp3) is 0.190. The van der Waals surface area contributed by atoms with E-state index in [1.807, 2.05) is 25.1 Å². The van der Waals surface area contributed by atoms with E-state index >= 15 is 0 Å². The minimum absolute atomic E-state index is 0.388. The fourth-order valence-corrected chi connectivity index (χ4v) is 3.37. The number of esters is 1. The van der Waals surface area contributed by atoms with Crippen molar-refractivity contribution < 1.29 is 19.0 Å². The van der Waals surface area contributed by atoms with Crippen molar-refractivity contribution in [2.75, 3.05) is 13.7 Å². The molecule has 0 amide bonds. The molecule has 0 saturated carbocycles. The van der Waals surface area contributed by atoms with Crippen molar-refractivity contribution in [2.24, 2.45) is 0 Å². The number of nitrogens with one attached hydrogen (secondary N) is 1. The number of carbonyl (C=O) groups excluding carboxylic acids is 1. The molecule has 1 N–H and O–H groups in total. The number of hydrogen-bond acceptors (Lipinski definition) is 6. The Morgan fingerprint density at radius 3 is 2.75 bits per heavy atom. The van der Waals surface area contributed by atoms with Gasteiger partial charge < -0.3 is 19.2 Å². The molecule has 2 heterocycles. The minimum Gasteiger partial charge on any atom is -0.490 e. The summed E-state index contributed by atoms with van der Waals surface area (Å²) in [5.41, 5.74) is 3.10. The zero-order valence-electron chi connectivity index (χ0n) is 15.4. The molecule has 28 heavy (non-hydrogen) atoms. The summed E-state index contributed by atoms with van der Waals surface area (Å²) in [5.74, 6) is 2.14. The molecule has 6 nitrogen and oxygen atoms in total. The number of rotatable bonds is 4. The van der Waals surface area contributed by atoms with Gasteiger partial charge in [0.2, 0.25) is 5.88 Å². The summed E-state index contributed by atoms with van der Waals surface area (Å²) in [7, 11) is 1.35. The highest BCUT2D eigenvalue weighted by molar-refractivity contribution is 7.71. The number of carbonyl (C=O) groups is 1. The van der Waals surface area contributed by atoms with Gasteiger partial charge in [-0.3, -0.25) is 0 Å². The maximum Gasteiger partial charge on any atom is 0.337 e. The summed E-state index contributed by atoms with van der Waals surface area (Å²) >= 11 is 5.51. The predicted molar refractivity (Wildman–Crippen MR) is 107 cm³/mol. The second-order valence-electron chi connectivity index (χ2n) is 6.22. The fourth-order valence-electron chi connectivity index (χ4n) is 3.12. The Labute approximate surface area is 167 Å². The van der Waals surface area contributed by atoms with E-state index in [-0.39, 0.29) is 5.97 Å². The average Bonchev–Trinajstić information content (AvgIpc) is 2.73. The maximum absolute atomic E-state index is 11.6. The first-order chi connectivity index (χ1) is 13.6. The molecule has 1 aliphatic heterocycles. The van der Waals surface area contributed by atoms with Crippen LogP contribution in [0.25, 0.3) is 11.4 Å². The summed E-state index contributed by atoms with van der Waals surface area (Å²) < 4.78 is 17.0. The molecule has 3 aromatic rings. The van der Waals surface area contributed by atoms with Crippen LogP contribution in [0.3, 0.4) is 0 Å². The number of aromatic amines is 1. The van der Waals surface area contributed by atoms with Gasteiger partial charge in [-0.05, 0) is 25.1 Å². The number of methoxy groups -OCH3 is 1. The van der Waals surface area contributed by atoms with Crippen molar-refractivity contribution in [3.05, 3.63) is 63.8 Å². The van der Waals surface area contributed by atoms with Crippen LogP contribution in [0.4, 0.5) is 0 Å². The van der Waals surface area contributed by atoms with E-state index in [4.69, 9.17) is 26.4 Å². The topological polar surface area (TPSA) is 73.4 Å². The Morgan fingerprint density at radius 2 is 2.04 bits per heavy atom. The third kappa shape index (κ3) is 3.25. The number of hydrogen-bond donors (Lipinski definition) is 1. The van der Waals surface area contributed by atoms with Crippen molar-refractivity contribution >= 4 is 18.2 Å². The molecular weight excluding hydrogens is 376 g/mol. The predicted octanol–water partition coefficient (Wildman–Crippen LogP) is 4.69. The van der Waals surface area contributed by atoms with Gasteiger partial charge in [-0.15, -0.1) is 0 Å². The van der Waals surface area contributed by atoms with E-state index in [1.54, 1.807) is 24.3 Å². The molecule has 0 aliphatic carbocycles. The molecule has 1 aromatic heterocycles. The molecule has 0 atom stereocenters. The van der Waals surface area contributed by atoms with E-state index in [2.05, 4.69) is 9.97 Å². The first kappa shape index (κ1) is 18.2. The van der Waals surface area contributed by atoms with Gasteiger partial charge in [0, 0.05) is 17.5 Å². The van der Waals surface area contributed by atoms with Crippen LogP contribution in [-0.2, 0) is 11.2 Å². The number of para-hydroxylation sites is 1. The van der Waals surface area contributed by atoms with Gasteiger partial charge in [-0.25, -0.2) is 9.78 Å². The van der Waals surface area contributed by atoms with Crippen LogP contribution >= 0.6 is 12.2 Å². The number of fused-ring (bicyclic) bond motifs is 2. The zero-order valence-corrected chi connectivity index (χ0v) is 16.3. The van der Waals surface area contributed by atoms with Gasteiger partial charge in [0.05, 0.1) is 24.8 Å². The van der Waals surface area contributed by atoms with Crippen molar-refractivity contribution in [3.63, 3.8) is 0 Å². The minimum atomic E-state index is -0.388. The van der Waals surface area contributed by atoms with Gasteiger partial charge in [0.25, 0.3) is 0 Å². The first-order valence-corrected chi connectivity index (χ1v) is 9.26. The monoisotopic (exact) mass is 394 g/mol. The van der Waals surface area contributed by atoms with Crippen LogP contribution in [0.2, 0.25) is 0 Å². The SMILES string of the molecule is CCOc1cccc2c1Oc1[nH]c(-c3ccc(C(=O)OC)cc3)nc(=S)c1C2. The lowest BCUT2D eigenvalue weighted by atomic mass is 10.0. The molecule has 2 aromatic carbocycles. The number of nitrogens with zero attached hydrogens (tertiary/aromatic N) is 1. The normalized spacial score (nSPS) is 11.8. The second-order valence-corrected chi connectivity index (χ2v) is 6.61. The molecule has 0 fully saturated rings. The number of H-pyrrole nitrogens is 1. The van der Waals surface area contributed by atoms with Crippen LogP contribution in [0.15, 0.2) is 42.5 Å². The Balaban J connectivity index is 1.72. The molecule has 1 aliphatic rings. The molecule has 4 rings (SSSR count). The van der Waals surface area contributed by atoms with Crippen molar-refractivity contribution in [2.45, 2.75) is 13.3 Å². The highest BCUT2D eigenvalue weighted by atomic mass is 32.1. The van der Waals surface area contributed by atoms with Gasteiger partial charge >= 0.3 is 5.97 Å². The quantitative estimate of drug-likeness (QED) is 0.400. The Kier molecular flexibility index (Phi) is 4.83. The van der Waals surface area contributed by atoms with E-state index in [1.165, 1.54) is 7.11 Å². The zero-order chi connectivity index (χ0) is 19.7. The smallest absolute Gasteiger partial charge is 0.337 e. The van der Waals surface area contributed by atoms with Crippen molar-refractivity contribution in [3.8, 4) is 28.8 Å². The number of aromatic nitrogens is 2. The lowest BCUT2D eigenvalue weighted by molar-refractivity contribution is 0.0600. The van der Waals surface area contributed by atoms with Crippen molar-refractivity contribution in [1.29, 1.82) is 0 Å². The first-order valence-electron chi connectivity index (χ1n) is 8.85. The molecule has 0 spiro atoms. The van der Waals surface area contributed by atoms with Crippen LogP contribution in [0, 0.1) is 4.64 Å². The van der Waals surface area contributed by atoms with E-state index in [9.17, 15) is 4.79 Å². The molecule has 142 valence electrons. The molecular formula is C21H18N2O4S. The summed E-state index contributed by atoms with van der Waals surface area (Å²) in [5, 5.41) is 0. The third-order valence-corrected chi connectivity index (χ3v) is 4.83. The molecule has 0 radical (unpaired) electrons. The van der Waals surface area contributed by atoms with Crippen LogP contribution in [-0.4, -0.2) is 29.7 Å². The third-order valence-electron chi connectivity index (χ3n) is 4.49. The number of benzene rings is 2. The molecule has 7 heteroatoms. The number of ether oxygens (including phenoxy) is 3. The molecule has 0 unspecified atom stereocenters. The summed E-state index contributed by atoms with van der Waals surface area (Å²) in [6.45, 7) is 2.49. The second kappa shape index (κ2) is 7.44. The van der Waals surface area contributed by atoms with Crippen LogP contribution in [0.5, 0.6) is 17.4 Å². The average molecular weight is 394 g/mol. The van der Waals surface area contributed by atoms with Gasteiger partial charge in [-0.2, -0.15) is 0 Å². The van der Waals surface area contributed by atoms with Crippen molar-refractivity contribution in [1.82, 2.24) is 9.97 Å². The lowest BCUT2D eigenvalue weighted by Crippen LogP contribution is -2.09.